The summed E-state index contributed by atoms with van der Waals surface area (Å²) in [5.74, 6) is -2.09. The molecule has 0 aliphatic carbocycles. The number of carbonyl (C=O) groups excluding carboxylic acids is 4. The third kappa shape index (κ3) is 11.4. The third-order valence-electron chi connectivity index (χ3n) is 5.34. The molecule has 1 aromatic carbocycles. The number of rotatable bonds is 15. The Kier molecular flexibility index (Phi) is 14.5. The number of amides is 1. The lowest BCUT2D eigenvalue weighted by molar-refractivity contribution is -0.151. The van der Waals surface area contributed by atoms with Gasteiger partial charge in [-0.2, -0.15) is 0 Å². The fraction of sp³-hybridized carbons (Fsp3) is 0.583. The van der Waals surface area contributed by atoms with E-state index in [-0.39, 0.29) is 35.5 Å². The molecule has 2 N–H and O–H groups in total. The van der Waals surface area contributed by atoms with Gasteiger partial charge in [0.2, 0.25) is 5.91 Å². The number of thioether (sulfide) groups is 2. The highest BCUT2D eigenvalue weighted by Gasteiger charge is 2.35. The second-order valence-corrected chi connectivity index (χ2v) is 10.3. The van der Waals surface area contributed by atoms with E-state index in [1.54, 1.807) is 6.92 Å². The molecule has 35 heavy (non-hydrogen) atoms. The maximum atomic E-state index is 12.1. The van der Waals surface area contributed by atoms with Crippen LogP contribution < -0.4 is 5.32 Å². The number of aliphatic hydroxyl groups excluding tert-OH is 1. The maximum absolute atomic E-state index is 12.1. The smallest absolute Gasteiger partial charge is 0.315 e. The van der Waals surface area contributed by atoms with Gasteiger partial charge in [0.15, 0.2) is 0 Å². The summed E-state index contributed by atoms with van der Waals surface area (Å²) in [5, 5.41) is 13.1. The highest BCUT2D eigenvalue weighted by molar-refractivity contribution is 8.00. The predicted octanol–water partition coefficient (Wildman–Crippen LogP) is 2.36. The van der Waals surface area contributed by atoms with Crippen molar-refractivity contribution in [1.82, 2.24) is 5.32 Å². The number of nitrogens with one attached hydrogen (secondary N) is 1. The molecular formula is C24H35NO8S2. The molecule has 0 spiro atoms. The zero-order valence-electron chi connectivity index (χ0n) is 20.7. The normalized spacial score (nSPS) is 15.1. The van der Waals surface area contributed by atoms with Gasteiger partial charge in [-0.05, 0) is 12.0 Å². The number of benzene rings is 1. The highest BCUT2D eigenvalue weighted by Crippen LogP contribution is 2.38. The van der Waals surface area contributed by atoms with Gasteiger partial charge in [0.05, 0.1) is 37.1 Å². The molecule has 196 valence electrons. The van der Waals surface area contributed by atoms with Crippen molar-refractivity contribution >= 4 is 47.3 Å². The number of aliphatic hydroxyl groups is 1. The van der Waals surface area contributed by atoms with E-state index in [4.69, 9.17) is 14.2 Å². The molecule has 0 heterocycles. The molecule has 1 rings (SSSR count). The zero-order chi connectivity index (χ0) is 26.4. The fourth-order valence-electron chi connectivity index (χ4n) is 3.35. The van der Waals surface area contributed by atoms with Gasteiger partial charge < -0.3 is 24.6 Å². The number of hydrogen-bond donors (Lipinski definition) is 2. The molecule has 0 aromatic heterocycles. The Morgan fingerprint density at radius 2 is 1.57 bits per heavy atom. The highest BCUT2D eigenvalue weighted by atomic mass is 32.2. The van der Waals surface area contributed by atoms with Crippen LogP contribution in [0.2, 0.25) is 0 Å². The summed E-state index contributed by atoms with van der Waals surface area (Å²) in [6.45, 7) is 3.04. The van der Waals surface area contributed by atoms with Crippen molar-refractivity contribution in [1.29, 1.82) is 0 Å². The van der Waals surface area contributed by atoms with Gasteiger partial charge >= 0.3 is 17.9 Å². The number of methoxy groups -OCH3 is 2. The minimum atomic E-state index is -0.998. The van der Waals surface area contributed by atoms with E-state index in [0.717, 1.165) is 5.56 Å². The summed E-state index contributed by atoms with van der Waals surface area (Å²) in [7, 11) is 4.10. The number of esters is 3. The third-order valence-corrected chi connectivity index (χ3v) is 7.89. The van der Waals surface area contributed by atoms with Crippen LogP contribution in [0.3, 0.4) is 0 Å². The first kappa shape index (κ1) is 30.8. The minimum Gasteiger partial charge on any atom is -0.468 e. The summed E-state index contributed by atoms with van der Waals surface area (Å²) >= 11 is 2.46. The topological polar surface area (TPSA) is 128 Å². The van der Waals surface area contributed by atoms with Gasteiger partial charge in [0.25, 0.3) is 0 Å². The molecular weight excluding hydrogens is 494 g/mol. The molecule has 0 fully saturated rings. The van der Waals surface area contributed by atoms with Gasteiger partial charge in [0.1, 0.15) is 6.10 Å². The van der Waals surface area contributed by atoms with Crippen LogP contribution in [0.15, 0.2) is 30.3 Å². The van der Waals surface area contributed by atoms with Crippen LogP contribution in [-0.2, 0) is 33.4 Å². The minimum absolute atomic E-state index is 0.0313. The van der Waals surface area contributed by atoms with Crippen LogP contribution in [0.4, 0.5) is 0 Å². The quantitative estimate of drug-likeness (QED) is 0.258. The van der Waals surface area contributed by atoms with E-state index in [9.17, 15) is 24.3 Å². The summed E-state index contributed by atoms with van der Waals surface area (Å²) in [6, 6.07) is 9.24. The SMILES string of the molecule is CNC(=O)CC(C[C@H](OC(C)=O)[C@H](C)[C@@H](O)[C@@H](SCC(=O)OC)c1ccccc1)SCC(=O)OC. The van der Waals surface area contributed by atoms with Gasteiger partial charge in [0, 0.05) is 31.6 Å². The van der Waals surface area contributed by atoms with Gasteiger partial charge in [-0.3, -0.25) is 19.2 Å². The molecule has 5 atom stereocenters. The molecule has 0 radical (unpaired) electrons. The van der Waals surface area contributed by atoms with Gasteiger partial charge in [-0.15, -0.1) is 23.5 Å². The summed E-state index contributed by atoms with van der Waals surface area (Å²) in [4.78, 5) is 47.4. The molecule has 0 saturated carbocycles. The first-order chi connectivity index (χ1) is 16.6. The van der Waals surface area contributed by atoms with Crippen molar-refractivity contribution in [3.63, 3.8) is 0 Å². The monoisotopic (exact) mass is 529 g/mol. The summed E-state index contributed by atoms with van der Waals surface area (Å²) in [5.41, 5.74) is 0.810. The molecule has 0 aliphatic heterocycles. The molecule has 0 aliphatic rings. The molecule has 1 unspecified atom stereocenters. The summed E-state index contributed by atoms with van der Waals surface area (Å²) < 4.78 is 15.0. The number of hydrogen-bond acceptors (Lipinski definition) is 10. The second-order valence-electron chi connectivity index (χ2n) is 7.84. The summed E-state index contributed by atoms with van der Waals surface area (Å²) in [6.07, 6.45) is -1.41. The lowest BCUT2D eigenvalue weighted by Gasteiger charge is -2.34. The van der Waals surface area contributed by atoms with E-state index >= 15 is 0 Å². The fourth-order valence-corrected chi connectivity index (χ4v) is 5.67. The number of ether oxygens (including phenoxy) is 3. The molecule has 1 amide bonds. The maximum Gasteiger partial charge on any atom is 0.315 e. The Hall–Kier alpha value is -2.24. The average Bonchev–Trinajstić information content (AvgIpc) is 2.85. The van der Waals surface area contributed by atoms with Crippen molar-refractivity contribution in [3.8, 4) is 0 Å². The van der Waals surface area contributed by atoms with Gasteiger partial charge in [-0.1, -0.05) is 37.3 Å². The second kappa shape index (κ2) is 16.4. The van der Waals surface area contributed by atoms with Crippen molar-refractivity contribution in [2.45, 2.75) is 49.4 Å². The van der Waals surface area contributed by atoms with Crippen LogP contribution >= 0.6 is 23.5 Å². The van der Waals surface area contributed by atoms with Crippen molar-refractivity contribution in [2.75, 3.05) is 32.8 Å². The van der Waals surface area contributed by atoms with Crippen molar-refractivity contribution < 1.29 is 38.5 Å². The Morgan fingerprint density at radius 3 is 2.09 bits per heavy atom. The first-order valence-corrected chi connectivity index (χ1v) is 13.2. The van der Waals surface area contributed by atoms with E-state index in [2.05, 4.69) is 5.32 Å². The largest absolute Gasteiger partial charge is 0.468 e. The van der Waals surface area contributed by atoms with E-state index < -0.39 is 41.3 Å². The molecule has 0 saturated heterocycles. The Bertz CT molecular complexity index is 823. The Morgan fingerprint density at radius 1 is 1.00 bits per heavy atom. The lowest BCUT2D eigenvalue weighted by atomic mass is 9.89. The van der Waals surface area contributed by atoms with Crippen LogP contribution in [0.1, 0.15) is 37.5 Å². The lowest BCUT2D eigenvalue weighted by Crippen LogP contribution is -2.38. The molecule has 1 aromatic rings. The standard InChI is InChI=1S/C24H35NO8S2/c1-15(23(30)24(35-14-22(29)32-5)17-9-7-6-8-10-17)19(33-16(2)26)11-18(12-20(27)25-3)34-13-21(28)31-4/h6-10,15,18-19,23-24,30H,11-14H2,1-5H3,(H,25,27)/t15-,18?,19-,23+,24-/m0/s1. The van der Waals surface area contributed by atoms with Gasteiger partial charge in [-0.25, -0.2) is 0 Å². The van der Waals surface area contributed by atoms with E-state index in [0.29, 0.717) is 0 Å². The Labute approximate surface area is 215 Å². The van der Waals surface area contributed by atoms with Crippen LogP contribution in [0, 0.1) is 5.92 Å². The first-order valence-electron chi connectivity index (χ1n) is 11.1. The zero-order valence-corrected chi connectivity index (χ0v) is 22.4. The van der Waals surface area contributed by atoms with E-state index in [1.165, 1.54) is 51.7 Å². The van der Waals surface area contributed by atoms with Crippen LogP contribution in [0.5, 0.6) is 0 Å². The van der Waals surface area contributed by atoms with E-state index in [1.807, 2.05) is 30.3 Å². The predicted molar refractivity (Wildman–Crippen MR) is 136 cm³/mol. The molecule has 11 heteroatoms. The van der Waals surface area contributed by atoms with Crippen molar-refractivity contribution in [2.24, 2.45) is 5.92 Å². The Balaban J connectivity index is 3.15. The molecule has 0 bridgehead atoms. The molecule has 9 nitrogen and oxygen atoms in total. The average molecular weight is 530 g/mol. The van der Waals surface area contributed by atoms with Crippen LogP contribution in [0.25, 0.3) is 0 Å². The van der Waals surface area contributed by atoms with Crippen molar-refractivity contribution in [3.05, 3.63) is 35.9 Å². The number of carbonyl (C=O) groups is 4. The van der Waals surface area contributed by atoms with Crippen LogP contribution in [-0.4, -0.2) is 79.2 Å².